The second kappa shape index (κ2) is 9.95. The van der Waals surface area contributed by atoms with Gasteiger partial charge < -0.3 is 10.2 Å². The molecule has 8 heteroatoms. The number of benzene rings is 3. The van der Waals surface area contributed by atoms with Gasteiger partial charge in [-0.25, -0.2) is 4.39 Å². The molecule has 0 spiro atoms. The van der Waals surface area contributed by atoms with Crippen LogP contribution in [0.1, 0.15) is 18.1 Å². The molecule has 0 saturated carbocycles. The van der Waals surface area contributed by atoms with Crippen LogP contribution in [-0.4, -0.2) is 31.2 Å². The summed E-state index contributed by atoms with van der Waals surface area (Å²) in [5.41, 5.74) is 3.92. The van der Waals surface area contributed by atoms with Crippen LogP contribution in [0.15, 0.2) is 65.7 Å². The summed E-state index contributed by atoms with van der Waals surface area (Å²) in [6.07, 6.45) is 0.972. The van der Waals surface area contributed by atoms with Crippen molar-refractivity contribution in [2.75, 3.05) is 11.9 Å². The third-order valence-corrected chi connectivity index (χ3v) is 6.49. The van der Waals surface area contributed by atoms with Crippen LogP contribution in [0.3, 0.4) is 0 Å². The zero-order valence-electron chi connectivity index (χ0n) is 18.6. The number of aliphatic imine (C=N–C) groups is 1. The van der Waals surface area contributed by atoms with Crippen molar-refractivity contribution in [3.8, 4) is 11.1 Å². The fourth-order valence-corrected chi connectivity index (χ4v) is 4.10. The average Bonchev–Trinajstić information content (AvgIpc) is 2.93. The molecule has 4 rings (SSSR count). The summed E-state index contributed by atoms with van der Waals surface area (Å²) < 4.78 is 13.3. The molecule has 2 unspecified atom stereocenters. The van der Waals surface area contributed by atoms with Crippen molar-refractivity contribution in [1.29, 1.82) is 0 Å². The molecule has 0 aromatic heterocycles. The molecule has 2 amide bonds. The van der Waals surface area contributed by atoms with Crippen LogP contribution in [0, 0.1) is 11.7 Å². The Morgan fingerprint density at radius 2 is 1.76 bits per heavy atom. The van der Waals surface area contributed by atoms with Crippen LogP contribution in [0.5, 0.6) is 0 Å². The molecule has 5 nitrogen and oxygen atoms in total. The molecule has 3 aromatic rings. The third kappa shape index (κ3) is 5.13. The molecule has 3 aromatic carbocycles. The molecule has 1 aliphatic heterocycles. The second-order valence-electron chi connectivity index (χ2n) is 8.22. The lowest BCUT2D eigenvalue weighted by molar-refractivity contribution is -0.129. The van der Waals surface area contributed by atoms with Crippen molar-refractivity contribution in [3.63, 3.8) is 0 Å². The van der Waals surface area contributed by atoms with Gasteiger partial charge in [0.1, 0.15) is 5.82 Å². The zero-order chi connectivity index (χ0) is 24.4. The van der Waals surface area contributed by atoms with Gasteiger partial charge >= 0.3 is 0 Å². The number of nitrogens with one attached hydrogen (secondary N) is 1. The summed E-state index contributed by atoms with van der Waals surface area (Å²) in [5, 5.41) is 3.62. The first kappa shape index (κ1) is 23.9. The average molecular weight is 498 g/mol. The van der Waals surface area contributed by atoms with E-state index in [9.17, 15) is 14.0 Å². The highest BCUT2D eigenvalue weighted by Gasteiger charge is 2.29. The summed E-state index contributed by atoms with van der Waals surface area (Å²) >= 11 is 12.0. The molecule has 34 heavy (non-hydrogen) atoms. The monoisotopic (exact) mass is 497 g/mol. The minimum atomic E-state index is -1.05. The zero-order valence-corrected chi connectivity index (χ0v) is 20.1. The number of nitrogens with zero attached hydrogens (tertiary/aromatic N) is 2. The van der Waals surface area contributed by atoms with Crippen LogP contribution < -0.4 is 10.2 Å². The lowest BCUT2D eigenvalue weighted by Gasteiger charge is -2.22. The quantitative estimate of drug-likeness (QED) is 0.504. The van der Waals surface area contributed by atoms with Gasteiger partial charge in [0.2, 0.25) is 12.1 Å². The number of halogens is 3. The normalized spacial score (nSPS) is 16.1. The van der Waals surface area contributed by atoms with Crippen molar-refractivity contribution in [2.45, 2.75) is 19.5 Å². The van der Waals surface area contributed by atoms with Crippen LogP contribution in [0.4, 0.5) is 10.1 Å². The van der Waals surface area contributed by atoms with Gasteiger partial charge in [0.15, 0.2) is 0 Å². The van der Waals surface area contributed by atoms with Gasteiger partial charge in [0.05, 0.1) is 15.7 Å². The fourth-order valence-electron chi connectivity index (χ4n) is 3.77. The van der Waals surface area contributed by atoms with Crippen LogP contribution >= 0.6 is 23.2 Å². The number of benzodiazepines with no additional fused rings is 1. The van der Waals surface area contributed by atoms with Crippen molar-refractivity contribution in [2.24, 2.45) is 10.9 Å². The van der Waals surface area contributed by atoms with Crippen molar-refractivity contribution < 1.29 is 14.0 Å². The van der Waals surface area contributed by atoms with Gasteiger partial charge in [-0.3, -0.25) is 14.6 Å². The van der Waals surface area contributed by atoms with E-state index in [4.69, 9.17) is 23.2 Å². The van der Waals surface area contributed by atoms with E-state index in [-0.39, 0.29) is 17.6 Å². The Labute approximate surface area is 207 Å². The highest BCUT2D eigenvalue weighted by atomic mass is 35.5. The topological polar surface area (TPSA) is 61.8 Å². The maximum Gasteiger partial charge on any atom is 0.272 e. The number of carbonyl (C=O) groups excluding carboxylic acids is 2. The Hall–Kier alpha value is -3.22. The Balaban J connectivity index is 1.49. The van der Waals surface area contributed by atoms with Crippen LogP contribution in [0.2, 0.25) is 10.0 Å². The molecule has 1 N–H and O–H groups in total. The van der Waals surface area contributed by atoms with Crippen molar-refractivity contribution in [3.05, 3.63) is 87.7 Å². The molecule has 0 aliphatic carbocycles. The summed E-state index contributed by atoms with van der Waals surface area (Å²) in [4.78, 5) is 31.7. The van der Waals surface area contributed by atoms with Crippen LogP contribution in [-0.2, 0) is 16.0 Å². The number of amides is 2. The Kier molecular flexibility index (Phi) is 7.00. The Morgan fingerprint density at radius 3 is 2.47 bits per heavy atom. The smallest absolute Gasteiger partial charge is 0.272 e. The molecule has 1 aliphatic rings. The van der Waals surface area contributed by atoms with Gasteiger partial charge in [0.25, 0.3) is 5.91 Å². The van der Waals surface area contributed by atoms with E-state index in [0.717, 1.165) is 22.3 Å². The number of hydrogen-bond donors (Lipinski definition) is 1. The predicted octanol–water partition coefficient (Wildman–Crippen LogP) is 5.52. The standard InChI is InChI=1S/C26H22Cl2FN3O2/c1-15(11-16-3-10-21(27)22(28)12-16)25(33)31-24-26(34)32(2)23-13-18(4-5-19(23)14-30-24)17-6-8-20(29)9-7-17/h3-10,12-15,24H,11H2,1-2H3,(H,31,33). The summed E-state index contributed by atoms with van der Waals surface area (Å²) in [6.45, 7) is 1.77. The highest BCUT2D eigenvalue weighted by Crippen LogP contribution is 2.29. The number of likely N-dealkylation sites (N-methyl/N-ethyl adjacent to an activating group) is 1. The molecule has 1 heterocycles. The largest absolute Gasteiger partial charge is 0.326 e. The maximum atomic E-state index is 13.3. The minimum Gasteiger partial charge on any atom is -0.326 e. The van der Waals surface area contributed by atoms with E-state index < -0.39 is 12.1 Å². The van der Waals surface area contributed by atoms with Crippen molar-refractivity contribution in [1.82, 2.24) is 5.32 Å². The molecule has 0 bridgehead atoms. The lowest BCUT2D eigenvalue weighted by Crippen LogP contribution is -2.47. The number of hydrogen-bond acceptors (Lipinski definition) is 3. The first-order valence-corrected chi connectivity index (χ1v) is 11.4. The molecule has 174 valence electrons. The Morgan fingerprint density at radius 1 is 1.06 bits per heavy atom. The molecular formula is C26H22Cl2FN3O2. The first-order valence-electron chi connectivity index (χ1n) is 10.7. The summed E-state index contributed by atoms with van der Waals surface area (Å²) in [7, 11) is 1.64. The second-order valence-corrected chi connectivity index (χ2v) is 9.04. The highest BCUT2D eigenvalue weighted by molar-refractivity contribution is 6.42. The van der Waals surface area contributed by atoms with Crippen LogP contribution in [0.25, 0.3) is 11.1 Å². The Bertz CT molecular complexity index is 1280. The van der Waals surface area contributed by atoms with Gasteiger partial charge in [-0.05, 0) is 53.4 Å². The molecule has 0 saturated heterocycles. The van der Waals surface area contributed by atoms with Gasteiger partial charge in [-0.1, -0.05) is 60.5 Å². The van der Waals surface area contributed by atoms with E-state index in [2.05, 4.69) is 10.3 Å². The first-order chi connectivity index (χ1) is 16.2. The van der Waals surface area contributed by atoms with Crippen molar-refractivity contribution >= 4 is 46.9 Å². The maximum absolute atomic E-state index is 13.3. The number of fused-ring (bicyclic) bond motifs is 1. The number of anilines is 1. The SMILES string of the molecule is CC(Cc1ccc(Cl)c(Cl)c1)C(=O)NC1N=Cc2ccc(-c3ccc(F)cc3)cc2N(C)C1=O. The van der Waals surface area contributed by atoms with E-state index >= 15 is 0 Å². The lowest BCUT2D eigenvalue weighted by atomic mass is 10.0. The summed E-state index contributed by atoms with van der Waals surface area (Å²) in [5.74, 6) is -1.39. The minimum absolute atomic E-state index is 0.298. The van der Waals surface area contributed by atoms with E-state index in [1.54, 1.807) is 44.5 Å². The van der Waals surface area contributed by atoms with Gasteiger partial charge in [-0.15, -0.1) is 0 Å². The third-order valence-electron chi connectivity index (χ3n) is 5.75. The molecular weight excluding hydrogens is 476 g/mol. The fraction of sp³-hybridized carbons (Fsp3) is 0.192. The van der Waals surface area contributed by atoms with Gasteiger partial charge in [0, 0.05) is 24.7 Å². The van der Waals surface area contributed by atoms with E-state index in [1.165, 1.54) is 17.0 Å². The van der Waals surface area contributed by atoms with E-state index in [0.29, 0.717) is 22.2 Å². The number of carbonyl (C=O) groups is 2. The molecule has 2 atom stereocenters. The van der Waals surface area contributed by atoms with Gasteiger partial charge in [-0.2, -0.15) is 0 Å². The summed E-state index contributed by atoms with van der Waals surface area (Å²) in [6, 6.07) is 17.0. The number of rotatable bonds is 5. The molecule has 0 fully saturated rings. The van der Waals surface area contributed by atoms with E-state index in [1.807, 2.05) is 24.3 Å². The predicted molar refractivity (Wildman–Crippen MR) is 134 cm³/mol. The molecule has 0 radical (unpaired) electrons.